The molecule has 1 N–H and O–H groups in total. The molecule has 2 aliphatic heterocycles. The van der Waals surface area contributed by atoms with Crippen LogP contribution in [0, 0.1) is 23.0 Å². The number of pyridine rings is 1. The van der Waals surface area contributed by atoms with E-state index in [-0.39, 0.29) is 55.5 Å². The number of nitrogens with zero attached hydrogens (tertiary/aromatic N) is 6. The molecule has 9 nitrogen and oxygen atoms in total. The fourth-order valence-electron chi connectivity index (χ4n) is 4.78. The molecule has 38 heavy (non-hydrogen) atoms. The smallest absolute Gasteiger partial charge is 0.407 e. The van der Waals surface area contributed by atoms with E-state index in [4.69, 9.17) is 16.7 Å². The van der Waals surface area contributed by atoms with Crippen molar-refractivity contribution < 1.29 is 23.5 Å². The first-order valence-corrected chi connectivity index (χ1v) is 12.1. The van der Waals surface area contributed by atoms with Gasteiger partial charge in [-0.15, -0.1) is 0 Å². The number of piperazine rings is 1. The van der Waals surface area contributed by atoms with Crippen LogP contribution in [0.1, 0.15) is 12.5 Å². The van der Waals surface area contributed by atoms with Crippen molar-refractivity contribution in [2.75, 3.05) is 47.4 Å². The minimum absolute atomic E-state index is 0.107. The average Bonchev–Trinajstić information content (AvgIpc) is 3.00. The number of amides is 3. The highest BCUT2D eigenvalue weighted by Crippen LogP contribution is 2.46. The van der Waals surface area contributed by atoms with Crippen molar-refractivity contribution in [2.45, 2.75) is 6.92 Å². The Morgan fingerprint density at radius 1 is 1.11 bits per heavy atom. The molecule has 1 saturated heterocycles. The number of nitriles is 1. The highest BCUT2D eigenvalue weighted by molar-refractivity contribution is 6.31. The Bertz CT molecular complexity index is 1480. The summed E-state index contributed by atoms with van der Waals surface area (Å²) in [4.78, 5) is 34.5. The Labute approximate surface area is 221 Å². The van der Waals surface area contributed by atoms with Gasteiger partial charge in [0.1, 0.15) is 11.5 Å². The number of benzene rings is 2. The van der Waals surface area contributed by atoms with Gasteiger partial charge < -0.3 is 14.9 Å². The molecule has 12 heteroatoms. The lowest BCUT2D eigenvalue weighted by atomic mass is 10.0. The zero-order valence-electron chi connectivity index (χ0n) is 20.2. The van der Waals surface area contributed by atoms with Crippen LogP contribution < -0.4 is 14.7 Å². The molecule has 0 saturated carbocycles. The van der Waals surface area contributed by atoms with Gasteiger partial charge in [-0.05, 0) is 37.3 Å². The van der Waals surface area contributed by atoms with Gasteiger partial charge in [0.05, 0.1) is 22.3 Å². The van der Waals surface area contributed by atoms with Gasteiger partial charge >= 0.3 is 12.1 Å². The number of anilines is 4. The van der Waals surface area contributed by atoms with Gasteiger partial charge in [0.2, 0.25) is 0 Å². The number of halogens is 3. The van der Waals surface area contributed by atoms with E-state index >= 15 is 8.78 Å². The van der Waals surface area contributed by atoms with Gasteiger partial charge in [0.15, 0.2) is 11.6 Å². The second kappa shape index (κ2) is 9.79. The zero-order chi connectivity index (χ0) is 27.1. The maximum atomic E-state index is 15.8. The predicted octanol–water partition coefficient (Wildman–Crippen LogP) is 5.45. The number of fused-ring (bicyclic) bond motifs is 3. The number of rotatable bonds is 3. The Balaban J connectivity index is 1.65. The van der Waals surface area contributed by atoms with Crippen LogP contribution in [0.5, 0.6) is 0 Å². The van der Waals surface area contributed by atoms with E-state index < -0.39 is 29.4 Å². The van der Waals surface area contributed by atoms with Crippen LogP contribution in [0.3, 0.4) is 0 Å². The molecule has 1 fully saturated rings. The van der Waals surface area contributed by atoms with Gasteiger partial charge in [0.25, 0.3) is 0 Å². The summed E-state index contributed by atoms with van der Waals surface area (Å²) < 4.78 is 31.6. The predicted molar refractivity (Wildman–Crippen MR) is 138 cm³/mol. The van der Waals surface area contributed by atoms with Crippen molar-refractivity contribution in [2.24, 2.45) is 0 Å². The summed E-state index contributed by atoms with van der Waals surface area (Å²) in [5.74, 6) is -1.71. The molecule has 0 unspecified atom stereocenters. The van der Waals surface area contributed by atoms with Crippen LogP contribution in [0.4, 0.5) is 41.2 Å². The van der Waals surface area contributed by atoms with E-state index in [1.807, 2.05) is 6.07 Å². The van der Waals surface area contributed by atoms with Gasteiger partial charge in [-0.2, -0.15) is 5.26 Å². The Morgan fingerprint density at radius 2 is 1.79 bits per heavy atom. The van der Waals surface area contributed by atoms with Crippen LogP contribution in [0.25, 0.3) is 11.1 Å². The van der Waals surface area contributed by atoms with E-state index in [2.05, 4.69) is 4.98 Å². The van der Waals surface area contributed by atoms with E-state index in [1.165, 1.54) is 22.1 Å². The first-order valence-electron chi connectivity index (χ1n) is 11.8. The molecule has 0 bridgehead atoms. The van der Waals surface area contributed by atoms with E-state index in [1.54, 1.807) is 30.0 Å². The number of hydrogen-bond acceptors (Lipinski definition) is 5. The highest BCUT2D eigenvalue weighted by Gasteiger charge is 2.36. The summed E-state index contributed by atoms with van der Waals surface area (Å²) in [5.41, 5.74) is 0.824. The van der Waals surface area contributed by atoms with Crippen molar-refractivity contribution in [3.05, 3.63) is 64.8 Å². The molecule has 3 aromatic rings. The lowest BCUT2D eigenvalue weighted by Gasteiger charge is -2.35. The molecular formula is C26H21ClF2N6O3. The SMILES string of the molecule is CCN1C(=O)N(c2c(F)cc(N3CCN(C(=O)O)CC3)cc2F)c2cc(C#N)ccc2-c2cc(Cl)cnc21. The average molecular weight is 539 g/mol. The highest BCUT2D eigenvalue weighted by atomic mass is 35.5. The summed E-state index contributed by atoms with van der Waals surface area (Å²) in [6.07, 6.45) is 0.333. The zero-order valence-corrected chi connectivity index (χ0v) is 20.9. The minimum atomic E-state index is -1.05. The van der Waals surface area contributed by atoms with Gasteiger partial charge in [-0.3, -0.25) is 9.80 Å². The van der Waals surface area contributed by atoms with Crippen molar-refractivity contribution in [3.8, 4) is 17.2 Å². The van der Waals surface area contributed by atoms with Crippen molar-refractivity contribution >= 4 is 46.6 Å². The quantitative estimate of drug-likeness (QED) is 0.475. The maximum absolute atomic E-state index is 15.8. The summed E-state index contributed by atoms with van der Waals surface area (Å²) in [6.45, 7) is 2.74. The first-order chi connectivity index (χ1) is 18.2. The summed E-state index contributed by atoms with van der Waals surface area (Å²) >= 11 is 6.21. The van der Waals surface area contributed by atoms with Crippen molar-refractivity contribution in [3.63, 3.8) is 0 Å². The largest absolute Gasteiger partial charge is 0.465 e. The molecule has 0 radical (unpaired) electrons. The molecule has 1 aromatic heterocycles. The molecule has 0 aliphatic carbocycles. The summed E-state index contributed by atoms with van der Waals surface area (Å²) in [7, 11) is 0. The lowest BCUT2D eigenvalue weighted by molar-refractivity contribution is 0.142. The third-order valence-corrected chi connectivity index (χ3v) is 6.83. The van der Waals surface area contributed by atoms with Crippen molar-refractivity contribution in [1.82, 2.24) is 9.88 Å². The standard InChI is InChI=1S/C26H21ClF2N6O3/c1-2-34-24-19(10-16(27)14-31-24)18-4-3-15(13-30)9-22(18)35(25(34)36)23-20(28)11-17(12-21(23)29)32-5-7-33(8-6-32)26(37)38/h3-4,9-12,14H,2,5-8H2,1H3,(H,37,38). The van der Waals surface area contributed by atoms with Gasteiger partial charge in [-0.1, -0.05) is 17.7 Å². The molecule has 3 amide bonds. The summed E-state index contributed by atoms with van der Waals surface area (Å²) in [5, 5.41) is 19.0. The van der Waals surface area contributed by atoms with E-state index in [0.717, 1.165) is 17.0 Å². The number of carbonyl (C=O) groups is 2. The molecule has 0 spiro atoms. The number of carboxylic acid groups (broad SMARTS) is 1. The van der Waals surface area contributed by atoms with E-state index in [9.17, 15) is 14.9 Å². The van der Waals surface area contributed by atoms with Crippen LogP contribution in [-0.2, 0) is 0 Å². The molecule has 3 heterocycles. The molecular weight excluding hydrogens is 518 g/mol. The monoisotopic (exact) mass is 538 g/mol. The van der Waals surface area contributed by atoms with Gasteiger partial charge in [-0.25, -0.2) is 23.4 Å². The third-order valence-electron chi connectivity index (χ3n) is 6.63. The maximum Gasteiger partial charge on any atom is 0.407 e. The normalized spacial score (nSPS) is 15.1. The number of aromatic nitrogens is 1. The van der Waals surface area contributed by atoms with Crippen LogP contribution in [0.15, 0.2) is 42.6 Å². The fourth-order valence-corrected chi connectivity index (χ4v) is 4.94. The number of hydrogen-bond donors (Lipinski definition) is 1. The minimum Gasteiger partial charge on any atom is -0.465 e. The van der Waals surface area contributed by atoms with Crippen LogP contribution >= 0.6 is 11.6 Å². The molecule has 5 rings (SSSR count). The molecule has 194 valence electrons. The van der Waals surface area contributed by atoms with Crippen LogP contribution in [0.2, 0.25) is 5.02 Å². The van der Waals surface area contributed by atoms with Crippen LogP contribution in [-0.4, -0.2) is 59.8 Å². The second-order valence-corrected chi connectivity index (χ2v) is 9.18. The number of carbonyl (C=O) groups excluding carboxylic acids is 1. The van der Waals surface area contributed by atoms with Gasteiger partial charge in [0, 0.05) is 55.7 Å². The Morgan fingerprint density at radius 3 is 2.39 bits per heavy atom. The fraction of sp³-hybridized carbons (Fsp3) is 0.231. The van der Waals surface area contributed by atoms with E-state index in [0.29, 0.717) is 16.1 Å². The Hall–Kier alpha value is -4.43. The number of urea groups is 1. The first kappa shape index (κ1) is 25.2. The Kier molecular flexibility index (Phi) is 6.50. The topological polar surface area (TPSA) is 104 Å². The lowest BCUT2D eigenvalue weighted by Crippen LogP contribution is -2.48. The molecule has 0 atom stereocenters. The summed E-state index contributed by atoms with van der Waals surface area (Å²) in [6, 6.07) is 9.65. The van der Waals surface area contributed by atoms with Crippen molar-refractivity contribution in [1.29, 1.82) is 5.26 Å². The molecule has 2 aromatic carbocycles. The third kappa shape index (κ3) is 4.22. The molecule has 2 aliphatic rings. The second-order valence-electron chi connectivity index (χ2n) is 8.75.